The summed E-state index contributed by atoms with van der Waals surface area (Å²) < 4.78 is 0. The van der Waals surface area contributed by atoms with Crippen LogP contribution < -0.4 is 5.32 Å². The van der Waals surface area contributed by atoms with Gasteiger partial charge in [-0.05, 0) is 24.5 Å². The molecule has 2 heteroatoms. The summed E-state index contributed by atoms with van der Waals surface area (Å²) in [6.45, 7) is 2.07. The molecule has 1 aliphatic rings. The van der Waals surface area contributed by atoms with Gasteiger partial charge in [0.1, 0.15) is 0 Å². The van der Waals surface area contributed by atoms with Crippen molar-refractivity contribution in [3.63, 3.8) is 0 Å². The first-order valence-electron chi connectivity index (χ1n) is 3.48. The number of anilines is 1. The minimum absolute atomic E-state index is 1.12. The van der Waals surface area contributed by atoms with Crippen molar-refractivity contribution >= 4 is 5.69 Å². The van der Waals surface area contributed by atoms with E-state index in [9.17, 15) is 0 Å². The lowest BCUT2D eigenvalue weighted by Crippen LogP contribution is -2.06. The Balaban J connectivity index is 2.41. The molecule has 0 atom stereocenters. The molecule has 0 aliphatic carbocycles. The zero-order chi connectivity index (χ0) is 6.81. The van der Waals surface area contributed by atoms with Crippen molar-refractivity contribution in [1.29, 1.82) is 0 Å². The Labute approximate surface area is 60.3 Å². The minimum atomic E-state index is 1.12. The zero-order valence-electron chi connectivity index (χ0n) is 5.67. The van der Waals surface area contributed by atoms with E-state index in [-0.39, 0.29) is 0 Å². The molecule has 1 aromatic rings. The van der Waals surface area contributed by atoms with Crippen molar-refractivity contribution in [2.75, 3.05) is 5.32 Å². The summed E-state index contributed by atoms with van der Waals surface area (Å²) in [6, 6.07) is 2.06. The maximum absolute atomic E-state index is 4.02. The molecule has 10 heavy (non-hydrogen) atoms. The number of fused-ring (bicyclic) bond motifs is 1. The number of hydrogen-bond acceptors (Lipinski definition) is 2. The van der Waals surface area contributed by atoms with Crippen LogP contribution in [0.25, 0.3) is 0 Å². The van der Waals surface area contributed by atoms with E-state index in [4.69, 9.17) is 0 Å². The van der Waals surface area contributed by atoms with E-state index < -0.39 is 0 Å². The van der Waals surface area contributed by atoms with Crippen LogP contribution in [0.4, 0.5) is 5.69 Å². The predicted octanol–water partition coefficient (Wildman–Crippen LogP) is 1.60. The van der Waals surface area contributed by atoms with Gasteiger partial charge < -0.3 is 5.32 Å². The number of rotatable bonds is 0. The lowest BCUT2D eigenvalue weighted by Gasteiger charge is -2.15. The Kier molecular flexibility index (Phi) is 1.31. The first-order valence-corrected chi connectivity index (χ1v) is 3.48. The third-order valence-electron chi connectivity index (χ3n) is 1.73. The number of pyridine rings is 1. The summed E-state index contributed by atoms with van der Waals surface area (Å²) in [6.07, 6.45) is 5.97. The molecule has 1 aliphatic heterocycles. The molecule has 0 spiro atoms. The third kappa shape index (κ3) is 0.856. The highest BCUT2D eigenvalue weighted by atomic mass is 14.9. The number of aromatic nitrogens is 1. The fourth-order valence-electron chi connectivity index (χ4n) is 1.18. The van der Waals surface area contributed by atoms with Gasteiger partial charge in [0, 0.05) is 12.7 Å². The zero-order valence-corrected chi connectivity index (χ0v) is 5.67. The molecule has 0 saturated carbocycles. The summed E-state index contributed by atoms with van der Waals surface area (Å²) in [5.41, 5.74) is 2.53. The second-order valence-corrected chi connectivity index (χ2v) is 2.42. The van der Waals surface area contributed by atoms with Gasteiger partial charge in [-0.3, -0.25) is 4.98 Å². The Hall–Kier alpha value is -1.05. The highest BCUT2D eigenvalue weighted by molar-refractivity contribution is 5.52. The Morgan fingerprint density at radius 3 is 3.40 bits per heavy atom. The molecule has 0 fully saturated rings. The number of hydrogen-bond donors (Lipinski definition) is 1. The van der Waals surface area contributed by atoms with Gasteiger partial charge in [-0.25, -0.2) is 0 Å². The first-order chi connectivity index (χ1) is 4.97. The standard InChI is InChI=1S/C8H9N2/c1-2-7-3-5-9-6-8(7)10-4-1/h3-6,10H,1-2H2. The van der Waals surface area contributed by atoms with Crippen LogP contribution in [0.1, 0.15) is 12.0 Å². The van der Waals surface area contributed by atoms with E-state index in [1.54, 1.807) is 0 Å². The predicted molar refractivity (Wildman–Crippen MR) is 40.5 cm³/mol. The van der Waals surface area contributed by atoms with E-state index in [1.807, 2.05) is 12.4 Å². The largest absolute Gasteiger partial charge is 0.379 e. The molecule has 2 nitrogen and oxygen atoms in total. The first kappa shape index (κ1) is 5.71. The number of aryl methyl sites for hydroxylation is 1. The normalized spacial score (nSPS) is 15.6. The van der Waals surface area contributed by atoms with Crippen molar-refractivity contribution in [2.24, 2.45) is 0 Å². The quantitative estimate of drug-likeness (QED) is 0.581. The maximum Gasteiger partial charge on any atom is 0.0562 e. The van der Waals surface area contributed by atoms with Gasteiger partial charge in [0.05, 0.1) is 11.9 Å². The smallest absolute Gasteiger partial charge is 0.0562 e. The van der Waals surface area contributed by atoms with Crippen LogP contribution in [0.3, 0.4) is 0 Å². The summed E-state index contributed by atoms with van der Waals surface area (Å²) in [5, 5.41) is 3.18. The van der Waals surface area contributed by atoms with Gasteiger partial charge in [0.15, 0.2) is 0 Å². The molecule has 1 N–H and O–H groups in total. The monoisotopic (exact) mass is 133 g/mol. The molecule has 0 unspecified atom stereocenters. The fraction of sp³-hybridized carbons (Fsp3) is 0.250. The van der Waals surface area contributed by atoms with Crippen LogP contribution in [-0.2, 0) is 6.42 Å². The second kappa shape index (κ2) is 2.29. The molecule has 0 amide bonds. The lowest BCUT2D eigenvalue weighted by atomic mass is 10.1. The van der Waals surface area contributed by atoms with Crippen LogP contribution in [-0.4, -0.2) is 4.98 Å². The maximum atomic E-state index is 4.02. The van der Waals surface area contributed by atoms with Gasteiger partial charge in [-0.1, -0.05) is 0 Å². The van der Waals surface area contributed by atoms with Gasteiger partial charge >= 0.3 is 0 Å². The van der Waals surface area contributed by atoms with Crippen molar-refractivity contribution < 1.29 is 0 Å². The fourth-order valence-corrected chi connectivity index (χ4v) is 1.18. The van der Waals surface area contributed by atoms with Crippen LogP contribution in [0.5, 0.6) is 0 Å². The van der Waals surface area contributed by atoms with Crippen LogP contribution in [0, 0.1) is 6.54 Å². The number of nitrogens with one attached hydrogen (secondary N) is 1. The second-order valence-electron chi connectivity index (χ2n) is 2.42. The summed E-state index contributed by atoms with van der Waals surface area (Å²) >= 11 is 0. The highest BCUT2D eigenvalue weighted by Crippen LogP contribution is 2.20. The highest BCUT2D eigenvalue weighted by Gasteiger charge is 2.06. The molecule has 0 saturated heterocycles. The summed E-state index contributed by atoms with van der Waals surface area (Å²) in [7, 11) is 0. The van der Waals surface area contributed by atoms with Gasteiger partial charge in [0.2, 0.25) is 0 Å². The minimum Gasteiger partial charge on any atom is -0.379 e. The summed E-state index contributed by atoms with van der Waals surface area (Å²) in [5.74, 6) is 0. The van der Waals surface area contributed by atoms with Gasteiger partial charge in [0.25, 0.3) is 0 Å². The Morgan fingerprint density at radius 1 is 1.50 bits per heavy atom. The van der Waals surface area contributed by atoms with Crippen molar-refractivity contribution in [2.45, 2.75) is 12.8 Å². The molecule has 0 aromatic carbocycles. The molecule has 0 bridgehead atoms. The summed E-state index contributed by atoms with van der Waals surface area (Å²) in [4.78, 5) is 4.02. The molecular formula is C8H9N2. The van der Waals surface area contributed by atoms with E-state index in [1.165, 1.54) is 5.56 Å². The van der Waals surface area contributed by atoms with Crippen LogP contribution in [0.2, 0.25) is 0 Å². The molecular weight excluding hydrogens is 124 g/mol. The van der Waals surface area contributed by atoms with Crippen molar-refractivity contribution in [3.8, 4) is 0 Å². The molecule has 1 aromatic heterocycles. The molecule has 51 valence electrons. The van der Waals surface area contributed by atoms with E-state index in [2.05, 4.69) is 22.9 Å². The van der Waals surface area contributed by atoms with Crippen molar-refractivity contribution in [1.82, 2.24) is 4.98 Å². The van der Waals surface area contributed by atoms with Crippen molar-refractivity contribution in [3.05, 3.63) is 30.6 Å². The lowest BCUT2D eigenvalue weighted by molar-refractivity contribution is 0.903. The van der Waals surface area contributed by atoms with E-state index in [0.29, 0.717) is 0 Å². The van der Waals surface area contributed by atoms with Crippen LogP contribution in [0.15, 0.2) is 18.5 Å². The molecule has 2 heterocycles. The van der Waals surface area contributed by atoms with Gasteiger partial charge in [-0.15, -0.1) is 0 Å². The topological polar surface area (TPSA) is 24.9 Å². The number of nitrogens with zero attached hydrogens (tertiary/aromatic N) is 1. The third-order valence-corrected chi connectivity index (χ3v) is 1.73. The Bertz CT molecular complexity index is 207. The average molecular weight is 133 g/mol. The molecule has 1 radical (unpaired) electrons. The van der Waals surface area contributed by atoms with E-state index >= 15 is 0 Å². The average Bonchev–Trinajstić information content (AvgIpc) is 2.05. The van der Waals surface area contributed by atoms with Crippen LogP contribution >= 0.6 is 0 Å². The van der Waals surface area contributed by atoms with E-state index in [0.717, 1.165) is 18.5 Å². The molecule has 2 rings (SSSR count). The van der Waals surface area contributed by atoms with Gasteiger partial charge in [-0.2, -0.15) is 0 Å². The SMILES string of the molecule is [CH]1CCc2ccncc2N1. The Morgan fingerprint density at radius 2 is 2.50 bits per heavy atom.